The van der Waals surface area contributed by atoms with E-state index in [9.17, 15) is 9.59 Å². The highest BCUT2D eigenvalue weighted by molar-refractivity contribution is 6.00. The van der Waals surface area contributed by atoms with Crippen molar-refractivity contribution in [2.45, 2.75) is 25.1 Å². The molecule has 4 nitrogen and oxygen atoms in total. The zero-order chi connectivity index (χ0) is 15.2. The van der Waals surface area contributed by atoms with Gasteiger partial charge in [-0.2, -0.15) is 0 Å². The quantitative estimate of drug-likeness (QED) is 0.800. The van der Waals surface area contributed by atoms with Crippen LogP contribution in [0.15, 0.2) is 54.6 Å². The highest BCUT2D eigenvalue weighted by Crippen LogP contribution is 2.47. The number of carbonyl (C=O) groups is 2. The van der Waals surface area contributed by atoms with Crippen LogP contribution in [0.2, 0.25) is 0 Å². The second kappa shape index (κ2) is 4.70. The van der Waals surface area contributed by atoms with Crippen LogP contribution in [0, 0.1) is 0 Å². The summed E-state index contributed by atoms with van der Waals surface area (Å²) in [4.78, 5) is 26.3. The summed E-state index contributed by atoms with van der Waals surface area (Å²) in [6.45, 7) is 0.432. The third-order valence-electron chi connectivity index (χ3n) is 4.39. The summed E-state index contributed by atoms with van der Waals surface area (Å²) < 4.78 is 5.66. The maximum absolute atomic E-state index is 12.8. The number of amides is 1. The Kier molecular flexibility index (Phi) is 2.79. The van der Waals surface area contributed by atoms with Crippen molar-refractivity contribution in [1.29, 1.82) is 0 Å². The average molecular weight is 293 g/mol. The first-order valence-electron chi connectivity index (χ1n) is 7.38. The number of fused-ring (bicyclic) bond motifs is 2. The van der Waals surface area contributed by atoms with Crippen LogP contribution in [0.1, 0.15) is 34.3 Å². The lowest BCUT2D eigenvalue weighted by Crippen LogP contribution is -2.43. The van der Waals surface area contributed by atoms with Gasteiger partial charge in [0.25, 0.3) is 5.91 Å². The van der Waals surface area contributed by atoms with Gasteiger partial charge in [-0.25, -0.2) is 0 Å². The lowest BCUT2D eigenvalue weighted by atomic mass is 9.98. The van der Waals surface area contributed by atoms with Gasteiger partial charge in [0.15, 0.2) is 0 Å². The Balaban J connectivity index is 1.80. The van der Waals surface area contributed by atoms with E-state index >= 15 is 0 Å². The van der Waals surface area contributed by atoms with Crippen molar-refractivity contribution >= 4 is 11.9 Å². The van der Waals surface area contributed by atoms with E-state index in [0.29, 0.717) is 24.9 Å². The minimum atomic E-state index is -0.930. The lowest BCUT2D eigenvalue weighted by Gasteiger charge is -2.34. The van der Waals surface area contributed by atoms with Crippen LogP contribution in [0.3, 0.4) is 0 Å². The van der Waals surface area contributed by atoms with Gasteiger partial charge in [0.05, 0.1) is 13.0 Å². The molecule has 22 heavy (non-hydrogen) atoms. The van der Waals surface area contributed by atoms with E-state index in [0.717, 1.165) is 11.1 Å². The maximum atomic E-state index is 12.8. The Labute approximate surface area is 128 Å². The Hall–Kier alpha value is -2.62. The third kappa shape index (κ3) is 1.77. The van der Waals surface area contributed by atoms with Crippen LogP contribution < -0.4 is 0 Å². The fourth-order valence-electron chi connectivity index (χ4n) is 3.37. The molecule has 2 aromatic carbocycles. The van der Waals surface area contributed by atoms with E-state index < -0.39 is 5.72 Å². The van der Waals surface area contributed by atoms with Gasteiger partial charge in [-0.05, 0) is 11.6 Å². The van der Waals surface area contributed by atoms with Crippen LogP contribution in [-0.2, 0) is 21.8 Å². The molecule has 1 atom stereocenters. The molecule has 4 heteroatoms. The average Bonchev–Trinajstić information content (AvgIpc) is 3.04. The molecule has 110 valence electrons. The van der Waals surface area contributed by atoms with E-state index in [2.05, 4.69) is 0 Å². The SMILES string of the molecule is O=C1CCC2(O1)c1ccccc1C(=O)N2Cc1ccccc1. The number of carbonyl (C=O) groups excluding carboxylic acids is 2. The van der Waals surface area contributed by atoms with E-state index in [1.165, 1.54) is 0 Å². The molecular formula is C18H15NO3. The predicted molar refractivity (Wildman–Crippen MR) is 79.8 cm³/mol. The summed E-state index contributed by atoms with van der Waals surface area (Å²) in [6.07, 6.45) is 0.855. The number of ether oxygens (including phenoxy) is 1. The summed E-state index contributed by atoms with van der Waals surface area (Å²) in [5.41, 5.74) is 1.53. The van der Waals surface area contributed by atoms with Gasteiger partial charge < -0.3 is 4.74 Å². The first-order valence-corrected chi connectivity index (χ1v) is 7.38. The number of esters is 1. The largest absolute Gasteiger partial charge is 0.434 e. The monoisotopic (exact) mass is 293 g/mol. The smallest absolute Gasteiger partial charge is 0.308 e. The molecule has 2 aromatic rings. The van der Waals surface area contributed by atoms with Crippen molar-refractivity contribution in [3.63, 3.8) is 0 Å². The summed E-state index contributed by atoms with van der Waals surface area (Å²) in [7, 11) is 0. The van der Waals surface area contributed by atoms with Crippen molar-refractivity contribution in [3.05, 3.63) is 71.3 Å². The molecule has 4 rings (SSSR count). The molecule has 2 aliphatic heterocycles. The third-order valence-corrected chi connectivity index (χ3v) is 4.39. The van der Waals surface area contributed by atoms with Crippen LogP contribution in [-0.4, -0.2) is 16.8 Å². The Morgan fingerprint density at radius 2 is 1.73 bits per heavy atom. The van der Waals surface area contributed by atoms with Gasteiger partial charge in [-0.15, -0.1) is 0 Å². The molecule has 2 heterocycles. The number of benzene rings is 2. The normalized spacial score (nSPS) is 23.0. The Bertz CT molecular complexity index is 756. The predicted octanol–water partition coefficient (Wildman–Crippen LogP) is 2.83. The lowest BCUT2D eigenvalue weighted by molar-refractivity contribution is -0.163. The molecule has 2 aliphatic rings. The van der Waals surface area contributed by atoms with Gasteiger partial charge in [0, 0.05) is 17.5 Å². The van der Waals surface area contributed by atoms with Crippen LogP contribution in [0.5, 0.6) is 0 Å². The van der Waals surface area contributed by atoms with Crippen molar-refractivity contribution in [1.82, 2.24) is 4.90 Å². The molecule has 0 aliphatic carbocycles. The maximum Gasteiger partial charge on any atom is 0.308 e. The van der Waals surface area contributed by atoms with Gasteiger partial charge in [0.1, 0.15) is 0 Å². The highest BCUT2D eigenvalue weighted by atomic mass is 16.6. The van der Waals surface area contributed by atoms with Crippen molar-refractivity contribution in [2.75, 3.05) is 0 Å². The number of hydrogen-bond acceptors (Lipinski definition) is 3. The van der Waals surface area contributed by atoms with Gasteiger partial charge >= 0.3 is 5.97 Å². The van der Waals surface area contributed by atoms with E-state index in [4.69, 9.17) is 4.74 Å². The van der Waals surface area contributed by atoms with Crippen LogP contribution in [0.4, 0.5) is 0 Å². The van der Waals surface area contributed by atoms with E-state index in [-0.39, 0.29) is 11.9 Å². The molecule has 1 spiro atoms. The molecule has 0 aromatic heterocycles. The van der Waals surface area contributed by atoms with E-state index in [1.807, 2.05) is 48.5 Å². The summed E-state index contributed by atoms with van der Waals surface area (Å²) in [6, 6.07) is 17.2. The van der Waals surface area contributed by atoms with Gasteiger partial charge in [-0.3, -0.25) is 14.5 Å². The van der Waals surface area contributed by atoms with Crippen LogP contribution in [0.25, 0.3) is 0 Å². The summed E-state index contributed by atoms with van der Waals surface area (Å²) in [5, 5.41) is 0. The number of nitrogens with zero attached hydrogens (tertiary/aromatic N) is 1. The first kappa shape index (κ1) is 13.1. The summed E-state index contributed by atoms with van der Waals surface area (Å²) in [5.74, 6) is -0.322. The Morgan fingerprint density at radius 3 is 2.45 bits per heavy atom. The van der Waals surface area contributed by atoms with Crippen molar-refractivity contribution in [3.8, 4) is 0 Å². The van der Waals surface area contributed by atoms with E-state index in [1.54, 1.807) is 11.0 Å². The Morgan fingerprint density at radius 1 is 1.00 bits per heavy atom. The molecule has 0 radical (unpaired) electrons. The molecule has 0 saturated carbocycles. The summed E-state index contributed by atoms with van der Waals surface area (Å²) >= 11 is 0. The second-order valence-corrected chi connectivity index (χ2v) is 5.68. The standard InChI is InChI=1S/C18H15NO3/c20-16-10-11-18(22-16)15-9-5-4-8-14(15)17(21)19(18)12-13-6-2-1-3-7-13/h1-9H,10-12H2. The molecular weight excluding hydrogens is 278 g/mol. The zero-order valence-corrected chi connectivity index (χ0v) is 12.0. The minimum Gasteiger partial charge on any atom is -0.434 e. The number of rotatable bonds is 2. The van der Waals surface area contributed by atoms with Crippen molar-refractivity contribution in [2.24, 2.45) is 0 Å². The fourth-order valence-corrected chi connectivity index (χ4v) is 3.37. The van der Waals surface area contributed by atoms with Gasteiger partial charge in [-0.1, -0.05) is 48.5 Å². The highest BCUT2D eigenvalue weighted by Gasteiger charge is 2.55. The second-order valence-electron chi connectivity index (χ2n) is 5.68. The fraction of sp³-hybridized carbons (Fsp3) is 0.222. The molecule has 1 amide bonds. The molecule has 1 fully saturated rings. The van der Waals surface area contributed by atoms with Crippen LogP contribution >= 0.6 is 0 Å². The zero-order valence-electron chi connectivity index (χ0n) is 12.0. The minimum absolute atomic E-state index is 0.0749. The molecule has 0 N–H and O–H groups in total. The number of hydrogen-bond donors (Lipinski definition) is 0. The van der Waals surface area contributed by atoms with Gasteiger partial charge in [0.2, 0.25) is 5.72 Å². The molecule has 1 saturated heterocycles. The first-order chi connectivity index (χ1) is 10.7. The molecule has 0 bridgehead atoms. The van der Waals surface area contributed by atoms with Crippen molar-refractivity contribution < 1.29 is 14.3 Å². The molecule has 1 unspecified atom stereocenters. The topological polar surface area (TPSA) is 46.6 Å².